The Balaban J connectivity index is 2.01. The van der Waals surface area contributed by atoms with Crippen LogP contribution in [0.25, 0.3) is 5.76 Å². The molecule has 236 valence electrons. The highest BCUT2D eigenvalue weighted by molar-refractivity contribution is 6.24. The van der Waals surface area contributed by atoms with Gasteiger partial charge in [0.2, 0.25) is 5.78 Å². The van der Waals surface area contributed by atoms with E-state index in [1.54, 1.807) is 20.8 Å². The predicted octanol–water partition coefficient (Wildman–Crippen LogP) is 6.93. The van der Waals surface area contributed by atoms with E-state index in [4.69, 9.17) is 0 Å². The maximum Gasteiger partial charge on any atom is 0.203 e. The number of hydrogen-bond donors (Lipinski definition) is 4. The summed E-state index contributed by atoms with van der Waals surface area (Å²) in [7, 11) is 0. The SMILES string of the molecule is CC(=O)C1=C(O)[C@]2(O)C(=O)C3=C(O)c4c(O)c(CCC(C)C(C)(C)C)cc(C(C)C)c4C[C@]3(C)C[C@]2(C)C(C(C)C)C1=O. The number of aryl methyl sites for hydroxylation is 1. The summed E-state index contributed by atoms with van der Waals surface area (Å²) in [5.41, 5.74) is -3.05. The number of carbonyl (C=O) groups is 3. The molecule has 1 saturated carbocycles. The Morgan fingerprint density at radius 3 is 2.12 bits per heavy atom. The molecule has 3 aliphatic carbocycles. The predicted molar refractivity (Wildman–Crippen MR) is 167 cm³/mol. The number of fused-ring (bicyclic) bond motifs is 3. The zero-order valence-corrected chi connectivity index (χ0v) is 27.7. The number of carbonyl (C=O) groups excluding carboxylic acids is 3. The molecule has 5 atom stereocenters. The quantitative estimate of drug-likeness (QED) is 0.263. The minimum atomic E-state index is -2.60. The molecule has 0 saturated heterocycles. The summed E-state index contributed by atoms with van der Waals surface area (Å²) >= 11 is 0. The highest BCUT2D eigenvalue weighted by atomic mass is 16.3. The first-order valence-corrected chi connectivity index (χ1v) is 15.6. The molecular formula is C36H50O7. The van der Waals surface area contributed by atoms with Gasteiger partial charge in [0, 0.05) is 22.3 Å². The molecule has 0 aliphatic heterocycles. The molecule has 1 fully saturated rings. The Morgan fingerprint density at radius 1 is 1.05 bits per heavy atom. The molecule has 0 amide bonds. The number of aromatic hydroxyl groups is 1. The normalized spacial score (nSPS) is 30.0. The van der Waals surface area contributed by atoms with Crippen molar-refractivity contribution in [3.63, 3.8) is 0 Å². The van der Waals surface area contributed by atoms with Crippen LogP contribution in [0.4, 0.5) is 0 Å². The van der Waals surface area contributed by atoms with Crippen LogP contribution in [-0.2, 0) is 27.2 Å². The molecule has 4 rings (SSSR count). The van der Waals surface area contributed by atoms with Gasteiger partial charge in [0.25, 0.3) is 0 Å². The lowest BCUT2D eigenvalue weighted by molar-refractivity contribution is -0.178. The summed E-state index contributed by atoms with van der Waals surface area (Å²) in [5, 5.41) is 47.2. The lowest BCUT2D eigenvalue weighted by Crippen LogP contribution is -2.69. The molecule has 7 heteroatoms. The lowest BCUT2D eigenvalue weighted by atomic mass is 9.43. The summed E-state index contributed by atoms with van der Waals surface area (Å²) in [6.45, 7) is 21.0. The van der Waals surface area contributed by atoms with Crippen molar-refractivity contribution >= 4 is 23.1 Å². The minimum absolute atomic E-state index is 0.0580. The highest BCUT2D eigenvalue weighted by Crippen LogP contribution is 2.65. The first-order chi connectivity index (χ1) is 19.6. The van der Waals surface area contributed by atoms with E-state index in [0.29, 0.717) is 24.3 Å². The molecule has 0 bridgehead atoms. The molecule has 2 unspecified atom stereocenters. The standard InChI is InChI=1S/C36H50O7/c1-17(2)22-14-21(13-12-19(5)33(7,8)9)28(38)25-23(22)15-34(10)16-35(11)26(18(3)4)29(39)24(20(6)37)31(41)36(35,43)32(42)27(34)30(25)40/h14,17-19,26,38,40-41,43H,12-13,15-16H2,1-11H3/t19?,26?,34-,35-,36+/m1/s1. The van der Waals surface area contributed by atoms with Crippen LogP contribution >= 0.6 is 0 Å². The van der Waals surface area contributed by atoms with Gasteiger partial charge >= 0.3 is 0 Å². The number of allylic oxidation sites excluding steroid dienone is 1. The summed E-state index contributed by atoms with van der Waals surface area (Å²) < 4.78 is 0. The second-order valence-electron chi connectivity index (χ2n) is 15.7. The van der Waals surface area contributed by atoms with Gasteiger partial charge in [-0.2, -0.15) is 0 Å². The van der Waals surface area contributed by atoms with Gasteiger partial charge in [-0.25, -0.2) is 0 Å². The van der Waals surface area contributed by atoms with Crippen LogP contribution in [-0.4, -0.2) is 43.4 Å². The third-order valence-corrected chi connectivity index (χ3v) is 11.1. The van der Waals surface area contributed by atoms with Gasteiger partial charge in [0.15, 0.2) is 17.2 Å². The zero-order chi connectivity index (χ0) is 32.8. The lowest BCUT2D eigenvalue weighted by Gasteiger charge is -2.60. The van der Waals surface area contributed by atoms with Gasteiger partial charge in [-0.3, -0.25) is 14.4 Å². The summed E-state index contributed by atoms with van der Waals surface area (Å²) in [4.78, 5) is 40.9. The Labute approximate surface area is 256 Å². The van der Waals surface area contributed by atoms with E-state index in [1.807, 2.05) is 13.0 Å². The molecule has 0 aromatic heterocycles. The van der Waals surface area contributed by atoms with Crippen LogP contribution < -0.4 is 0 Å². The number of hydrogen-bond acceptors (Lipinski definition) is 7. The Morgan fingerprint density at radius 2 is 1.63 bits per heavy atom. The van der Waals surface area contributed by atoms with Crippen molar-refractivity contribution in [2.75, 3.05) is 0 Å². The first kappa shape index (κ1) is 33.0. The Kier molecular flexibility index (Phi) is 7.91. The highest BCUT2D eigenvalue weighted by Gasteiger charge is 2.72. The number of aliphatic hydroxyl groups excluding tert-OH is 2. The largest absolute Gasteiger partial charge is 0.508 e. The molecule has 3 aliphatic rings. The van der Waals surface area contributed by atoms with E-state index < -0.39 is 56.8 Å². The minimum Gasteiger partial charge on any atom is -0.508 e. The van der Waals surface area contributed by atoms with Crippen LogP contribution in [0.1, 0.15) is 117 Å². The van der Waals surface area contributed by atoms with Crippen molar-refractivity contribution < 1.29 is 34.8 Å². The molecular weight excluding hydrogens is 544 g/mol. The molecule has 43 heavy (non-hydrogen) atoms. The monoisotopic (exact) mass is 594 g/mol. The van der Waals surface area contributed by atoms with Gasteiger partial charge in [-0.1, -0.05) is 75.3 Å². The molecule has 4 N–H and O–H groups in total. The zero-order valence-electron chi connectivity index (χ0n) is 27.7. The van der Waals surface area contributed by atoms with Crippen molar-refractivity contribution in [1.29, 1.82) is 0 Å². The van der Waals surface area contributed by atoms with Crippen molar-refractivity contribution in [2.24, 2.45) is 34.0 Å². The number of phenols is 1. The maximum atomic E-state index is 14.6. The van der Waals surface area contributed by atoms with Crippen molar-refractivity contribution in [3.05, 3.63) is 45.2 Å². The number of phenolic OH excluding ortho intramolecular Hbond substituents is 1. The number of Topliss-reactive ketones (excluding diaryl/α,β-unsaturated/α-hetero) is 3. The van der Waals surface area contributed by atoms with Crippen LogP contribution in [0.2, 0.25) is 0 Å². The van der Waals surface area contributed by atoms with Crippen molar-refractivity contribution in [2.45, 2.75) is 113 Å². The van der Waals surface area contributed by atoms with Crippen LogP contribution in [0.15, 0.2) is 23.0 Å². The van der Waals surface area contributed by atoms with Crippen LogP contribution in [0, 0.1) is 34.0 Å². The maximum absolute atomic E-state index is 14.6. The van der Waals surface area contributed by atoms with Gasteiger partial charge in [0.05, 0.1) is 5.56 Å². The number of ketones is 3. The van der Waals surface area contributed by atoms with Crippen LogP contribution in [0.3, 0.4) is 0 Å². The second kappa shape index (κ2) is 10.3. The smallest absolute Gasteiger partial charge is 0.203 e. The number of aliphatic hydroxyl groups is 3. The topological polar surface area (TPSA) is 132 Å². The average molecular weight is 595 g/mol. The fraction of sp³-hybridized carbons (Fsp3) is 0.639. The fourth-order valence-electron chi connectivity index (χ4n) is 8.38. The Hall–Kier alpha value is -2.93. The third kappa shape index (κ3) is 4.60. The summed E-state index contributed by atoms with van der Waals surface area (Å²) in [5.74, 6) is -4.54. The summed E-state index contributed by atoms with van der Waals surface area (Å²) in [6, 6.07) is 2.02. The molecule has 0 radical (unpaired) electrons. The van der Waals surface area contributed by atoms with Crippen molar-refractivity contribution in [1.82, 2.24) is 0 Å². The second-order valence-corrected chi connectivity index (χ2v) is 15.7. The molecule has 1 aromatic rings. The summed E-state index contributed by atoms with van der Waals surface area (Å²) in [6.07, 6.45) is 1.78. The third-order valence-electron chi connectivity index (χ3n) is 11.1. The van der Waals surface area contributed by atoms with Gasteiger partial charge in [0.1, 0.15) is 22.8 Å². The molecule has 1 aromatic carbocycles. The van der Waals surface area contributed by atoms with Crippen molar-refractivity contribution in [3.8, 4) is 5.75 Å². The van der Waals surface area contributed by atoms with E-state index in [-0.39, 0.29) is 40.6 Å². The number of rotatable bonds is 6. The Bertz CT molecular complexity index is 1470. The van der Waals surface area contributed by atoms with E-state index in [1.165, 1.54) is 0 Å². The first-order valence-electron chi connectivity index (χ1n) is 15.6. The van der Waals surface area contributed by atoms with E-state index in [9.17, 15) is 34.8 Å². The van der Waals surface area contributed by atoms with Gasteiger partial charge in [-0.15, -0.1) is 0 Å². The van der Waals surface area contributed by atoms with E-state index >= 15 is 0 Å². The van der Waals surface area contributed by atoms with E-state index in [0.717, 1.165) is 24.5 Å². The molecule has 0 heterocycles. The average Bonchev–Trinajstić information content (AvgIpc) is 2.84. The molecule has 7 nitrogen and oxygen atoms in total. The fourth-order valence-corrected chi connectivity index (χ4v) is 8.38. The number of benzene rings is 1. The van der Waals surface area contributed by atoms with E-state index in [2.05, 4.69) is 41.5 Å². The van der Waals surface area contributed by atoms with Crippen LogP contribution in [0.5, 0.6) is 5.75 Å². The van der Waals surface area contributed by atoms with Gasteiger partial charge < -0.3 is 20.4 Å². The van der Waals surface area contributed by atoms with Gasteiger partial charge in [-0.05, 0) is 72.5 Å². The molecule has 0 spiro atoms.